The molecule has 5 heteroatoms. The van der Waals surface area contributed by atoms with Crippen LogP contribution in [-0.4, -0.2) is 32.1 Å². The number of hydrogen-bond donors (Lipinski definition) is 2. The Bertz CT molecular complexity index is 698. The summed E-state index contributed by atoms with van der Waals surface area (Å²) >= 11 is 0. The van der Waals surface area contributed by atoms with Crippen LogP contribution in [-0.2, 0) is 4.74 Å². The predicted molar refractivity (Wildman–Crippen MR) is 89.8 cm³/mol. The molecule has 0 heterocycles. The van der Waals surface area contributed by atoms with Gasteiger partial charge in [-0.25, -0.2) is 0 Å². The summed E-state index contributed by atoms with van der Waals surface area (Å²) in [6.45, 7) is 2.83. The fourth-order valence-corrected chi connectivity index (χ4v) is 2.10. The van der Waals surface area contributed by atoms with Gasteiger partial charge in [-0.3, -0.25) is 9.59 Å². The van der Waals surface area contributed by atoms with Crippen LogP contribution < -0.4 is 10.6 Å². The molecule has 2 aromatic carbocycles. The Hall–Kier alpha value is -2.66. The zero-order chi connectivity index (χ0) is 16.7. The smallest absolute Gasteiger partial charge is 0.255 e. The van der Waals surface area contributed by atoms with Gasteiger partial charge < -0.3 is 15.4 Å². The number of ether oxygens (including phenoxy) is 1. The second kappa shape index (κ2) is 8.10. The number of carbonyl (C=O) groups excluding carboxylic acids is 2. The number of hydrogen-bond acceptors (Lipinski definition) is 3. The quantitative estimate of drug-likeness (QED) is 0.806. The first-order valence-corrected chi connectivity index (χ1v) is 7.35. The van der Waals surface area contributed by atoms with Gasteiger partial charge in [0, 0.05) is 30.5 Å². The number of carbonyl (C=O) groups is 2. The van der Waals surface area contributed by atoms with Crippen molar-refractivity contribution in [1.82, 2.24) is 5.32 Å². The van der Waals surface area contributed by atoms with Crippen molar-refractivity contribution in [3.63, 3.8) is 0 Å². The lowest BCUT2D eigenvalue weighted by Gasteiger charge is -2.08. The molecule has 5 nitrogen and oxygen atoms in total. The van der Waals surface area contributed by atoms with Gasteiger partial charge in [0.1, 0.15) is 0 Å². The molecule has 0 aliphatic rings. The standard InChI is InChI=1S/C18H20N2O3/c1-13-5-3-8-16(11-13)20-18(22)15-7-4-6-14(12-15)17(21)19-9-10-23-2/h3-8,11-12H,9-10H2,1-2H3,(H,19,21)(H,20,22). The van der Waals surface area contributed by atoms with Crippen LogP contribution in [0.25, 0.3) is 0 Å². The third kappa shape index (κ3) is 4.93. The average molecular weight is 312 g/mol. The molecule has 0 aliphatic carbocycles. The normalized spacial score (nSPS) is 10.2. The molecule has 0 aromatic heterocycles. The van der Waals surface area contributed by atoms with Crippen LogP contribution in [0, 0.1) is 6.92 Å². The highest BCUT2D eigenvalue weighted by atomic mass is 16.5. The number of benzene rings is 2. The highest BCUT2D eigenvalue weighted by Crippen LogP contribution is 2.12. The third-order valence-electron chi connectivity index (χ3n) is 3.25. The van der Waals surface area contributed by atoms with Crippen molar-refractivity contribution < 1.29 is 14.3 Å². The summed E-state index contributed by atoms with van der Waals surface area (Å²) in [5.74, 6) is -0.477. The predicted octanol–water partition coefficient (Wildman–Crippen LogP) is 2.62. The van der Waals surface area contributed by atoms with Gasteiger partial charge >= 0.3 is 0 Å². The molecule has 0 radical (unpaired) electrons. The van der Waals surface area contributed by atoms with Gasteiger partial charge in [-0.1, -0.05) is 18.2 Å². The van der Waals surface area contributed by atoms with Crippen molar-refractivity contribution in [3.8, 4) is 0 Å². The largest absolute Gasteiger partial charge is 0.383 e. The molecule has 0 unspecified atom stereocenters. The lowest BCUT2D eigenvalue weighted by atomic mass is 10.1. The fourth-order valence-electron chi connectivity index (χ4n) is 2.10. The summed E-state index contributed by atoms with van der Waals surface area (Å²) in [5, 5.41) is 5.55. The van der Waals surface area contributed by atoms with Crippen LogP contribution in [0.2, 0.25) is 0 Å². The molecule has 0 spiro atoms. The van der Waals surface area contributed by atoms with Crippen molar-refractivity contribution in [2.24, 2.45) is 0 Å². The van der Waals surface area contributed by atoms with Gasteiger partial charge in [-0.2, -0.15) is 0 Å². The molecule has 2 amide bonds. The second-order valence-electron chi connectivity index (χ2n) is 5.15. The molecular weight excluding hydrogens is 292 g/mol. The first-order chi connectivity index (χ1) is 11.1. The van der Waals surface area contributed by atoms with Crippen molar-refractivity contribution in [2.45, 2.75) is 6.92 Å². The number of nitrogens with one attached hydrogen (secondary N) is 2. The number of aryl methyl sites for hydroxylation is 1. The molecule has 2 rings (SSSR count). The number of rotatable bonds is 6. The van der Waals surface area contributed by atoms with E-state index in [4.69, 9.17) is 4.74 Å². The van der Waals surface area contributed by atoms with E-state index in [1.807, 2.05) is 31.2 Å². The summed E-state index contributed by atoms with van der Waals surface area (Å²) in [5.41, 5.74) is 2.67. The van der Waals surface area contributed by atoms with Gasteiger partial charge in [0.25, 0.3) is 11.8 Å². The Labute approximate surface area is 135 Å². The molecule has 2 N–H and O–H groups in total. The Morgan fingerprint density at radius 3 is 2.39 bits per heavy atom. The van der Waals surface area contributed by atoms with Crippen LogP contribution in [0.3, 0.4) is 0 Å². The number of anilines is 1. The number of amides is 2. The first kappa shape index (κ1) is 16.7. The maximum atomic E-state index is 12.3. The zero-order valence-corrected chi connectivity index (χ0v) is 13.3. The van der Waals surface area contributed by atoms with Crippen molar-refractivity contribution in [1.29, 1.82) is 0 Å². The Morgan fingerprint density at radius 1 is 1.00 bits per heavy atom. The monoisotopic (exact) mass is 312 g/mol. The minimum atomic E-state index is -0.248. The van der Waals surface area contributed by atoms with Gasteiger partial charge in [-0.05, 0) is 42.8 Å². The topological polar surface area (TPSA) is 67.4 Å². The molecule has 23 heavy (non-hydrogen) atoms. The van der Waals surface area contributed by atoms with E-state index in [9.17, 15) is 9.59 Å². The molecule has 0 saturated heterocycles. The molecule has 0 atom stereocenters. The van der Waals surface area contributed by atoms with Crippen LogP contribution >= 0.6 is 0 Å². The average Bonchev–Trinajstić information content (AvgIpc) is 2.55. The summed E-state index contributed by atoms with van der Waals surface area (Å²) in [6, 6.07) is 14.2. The maximum Gasteiger partial charge on any atom is 0.255 e. The molecule has 0 fully saturated rings. The third-order valence-corrected chi connectivity index (χ3v) is 3.25. The second-order valence-corrected chi connectivity index (χ2v) is 5.15. The minimum Gasteiger partial charge on any atom is -0.383 e. The van der Waals surface area contributed by atoms with Gasteiger partial charge in [0.15, 0.2) is 0 Å². The van der Waals surface area contributed by atoms with Crippen molar-refractivity contribution >= 4 is 17.5 Å². The van der Waals surface area contributed by atoms with E-state index >= 15 is 0 Å². The number of methoxy groups -OCH3 is 1. The molecule has 0 aliphatic heterocycles. The fraction of sp³-hybridized carbons (Fsp3) is 0.222. The van der Waals surface area contributed by atoms with E-state index in [-0.39, 0.29) is 11.8 Å². The first-order valence-electron chi connectivity index (χ1n) is 7.35. The minimum absolute atomic E-state index is 0.229. The van der Waals surface area contributed by atoms with E-state index in [0.29, 0.717) is 24.3 Å². The summed E-state index contributed by atoms with van der Waals surface area (Å²) in [7, 11) is 1.57. The van der Waals surface area contributed by atoms with E-state index in [1.54, 1.807) is 31.4 Å². The lowest BCUT2D eigenvalue weighted by Crippen LogP contribution is -2.27. The van der Waals surface area contributed by atoms with Crippen LogP contribution in [0.5, 0.6) is 0 Å². The van der Waals surface area contributed by atoms with Gasteiger partial charge in [0.2, 0.25) is 0 Å². The van der Waals surface area contributed by atoms with E-state index in [1.165, 1.54) is 0 Å². The Balaban J connectivity index is 2.06. The summed E-state index contributed by atoms with van der Waals surface area (Å²) in [4.78, 5) is 24.3. The van der Waals surface area contributed by atoms with Crippen LogP contribution in [0.15, 0.2) is 48.5 Å². The van der Waals surface area contributed by atoms with Crippen molar-refractivity contribution in [2.75, 3.05) is 25.6 Å². The van der Waals surface area contributed by atoms with Crippen LogP contribution in [0.1, 0.15) is 26.3 Å². The highest BCUT2D eigenvalue weighted by Gasteiger charge is 2.10. The molecule has 0 bridgehead atoms. The zero-order valence-electron chi connectivity index (χ0n) is 13.3. The molecule has 120 valence electrons. The lowest BCUT2D eigenvalue weighted by molar-refractivity contribution is 0.0937. The van der Waals surface area contributed by atoms with E-state index in [2.05, 4.69) is 10.6 Å². The Morgan fingerprint density at radius 2 is 1.70 bits per heavy atom. The molecule has 2 aromatic rings. The van der Waals surface area contributed by atoms with Gasteiger partial charge in [-0.15, -0.1) is 0 Å². The Kier molecular flexibility index (Phi) is 5.88. The highest BCUT2D eigenvalue weighted by molar-refractivity contribution is 6.06. The van der Waals surface area contributed by atoms with E-state index in [0.717, 1.165) is 11.3 Å². The molecular formula is C18H20N2O3. The maximum absolute atomic E-state index is 12.3. The summed E-state index contributed by atoms with van der Waals surface area (Å²) < 4.78 is 4.89. The van der Waals surface area contributed by atoms with Crippen LogP contribution in [0.4, 0.5) is 5.69 Å². The SMILES string of the molecule is COCCNC(=O)c1cccc(C(=O)Nc2cccc(C)c2)c1. The van der Waals surface area contributed by atoms with Gasteiger partial charge in [0.05, 0.1) is 6.61 Å². The summed E-state index contributed by atoms with van der Waals surface area (Å²) in [6.07, 6.45) is 0. The van der Waals surface area contributed by atoms with E-state index < -0.39 is 0 Å². The molecule has 0 saturated carbocycles. The van der Waals surface area contributed by atoms with Crippen molar-refractivity contribution in [3.05, 3.63) is 65.2 Å².